The average molecular weight is 230 g/mol. The van der Waals surface area contributed by atoms with Crippen LogP contribution < -0.4 is 0 Å². The Kier molecular flexibility index (Phi) is 2.14. The predicted molar refractivity (Wildman–Crippen MR) is 60.0 cm³/mol. The summed E-state index contributed by atoms with van der Waals surface area (Å²) in [6.07, 6.45) is 3.88. The quantitative estimate of drug-likeness (QED) is 0.597. The lowest BCUT2D eigenvalue weighted by Gasteiger charge is -1.99. The van der Waals surface area contributed by atoms with Gasteiger partial charge in [-0.25, -0.2) is 9.67 Å². The number of hydrogen-bond acceptors (Lipinski definition) is 4. The Morgan fingerprint density at radius 2 is 2.24 bits per heavy atom. The number of aromatic nitrogens is 3. The fourth-order valence-corrected chi connectivity index (χ4v) is 1.68. The smallest absolute Gasteiger partial charge is 0.258 e. The maximum Gasteiger partial charge on any atom is 0.271 e. The number of nitro benzene ring substituents is 1. The third-order valence-electron chi connectivity index (χ3n) is 2.76. The maximum absolute atomic E-state index is 10.7. The Morgan fingerprint density at radius 1 is 1.41 bits per heavy atom. The van der Waals surface area contributed by atoms with E-state index in [-0.39, 0.29) is 5.69 Å². The van der Waals surface area contributed by atoms with Gasteiger partial charge in [-0.15, -0.1) is 0 Å². The lowest BCUT2D eigenvalue weighted by atomic mass is 10.3. The summed E-state index contributed by atoms with van der Waals surface area (Å²) in [6.45, 7) is 0. The maximum atomic E-state index is 10.7. The predicted octanol–water partition coefficient (Wildman–Crippen LogP) is 2.05. The summed E-state index contributed by atoms with van der Waals surface area (Å²) in [5.41, 5.74) is 0.726. The summed E-state index contributed by atoms with van der Waals surface area (Å²) >= 11 is 0. The van der Waals surface area contributed by atoms with E-state index in [9.17, 15) is 10.1 Å². The lowest BCUT2D eigenvalue weighted by molar-refractivity contribution is -0.384. The standard InChI is InChI=1S/C11H10N4O2/c16-15(17)10-3-1-2-9(6-10)14-7-12-11(13-14)8-4-5-8/h1-3,6-8H,4-5H2. The Balaban J connectivity index is 1.96. The van der Waals surface area contributed by atoms with Crippen molar-refractivity contribution in [3.05, 3.63) is 46.5 Å². The van der Waals surface area contributed by atoms with Crippen LogP contribution in [0.3, 0.4) is 0 Å². The molecular weight excluding hydrogens is 220 g/mol. The lowest BCUT2D eigenvalue weighted by Crippen LogP contribution is -1.97. The SMILES string of the molecule is O=[N+]([O-])c1cccc(-n2cnc(C3CC3)n2)c1. The molecule has 3 rings (SSSR count). The van der Waals surface area contributed by atoms with Gasteiger partial charge in [-0.3, -0.25) is 10.1 Å². The first-order valence-corrected chi connectivity index (χ1v) is 5.40. The number of benzene rings is 1. The van der Waals surface area contributed by atoms with Crippen molar-refractivity contribution >= 4 is 5.69 Å². The van der Waals surface area contributed by atoms with E-state index in [1.807, 2.05) is 0 Å². The molecular formula is C11H10N4O2. The number of non-ortho nitro benzene ring substituents is 1. The second-order valence-corrected chi connectivity index (χ2v) is 4.10. The fourth-order valence-electron chi connectivity index (χ4n) is 1.68. The van der Waals surface area contributed by atoms with Gasteiger partial charge in [0.15, 0.2) is 5.82 Å². The van der Waals surface area contributed by atoms with E-state index in [1.165, 1.54) is 12.1 Å². The molecule has 1 fully saturated rings. The van der Waals surface area contributed by atoms with Crippen molar-refractivity contribution in [1.82, 2.24) is 14.8 Å². The molecule has 0 bridgehead atoms. The van der Waals surface area contributed by atoms with Crippen LogP contribution in [0, 0.1) is 10.1 Å². The van der Waals surface area contributed by atoms with Crippen LogP contribution in [-0.2, 0) is 0 Å². The third-order valence-corrected chi connectivity index (χ3v) is 2.76. The van der Waals surface area contributed by atoms with Crippen molar-refractivity contribution in [2.24, 2.45) is 0 Å². The molecule has 0 spiro atoms. The number of hydrogen-bond donors (Lipinski definition) is 0. The Labute approximate surface area is 97.1 Å². The molecule has 0 atom stereocenters. The minimum Gasteiger partial charge on any atom is -0.258 e. The summed E-state index contributed by atoms with van der Waals surface area (Å²) in [5, 5.41) is 15.0. The zero-order valence-corrected chi connectivity index (χ0v) is 8.98. The van der Waals surface area contributed by atoms with Gasteiger partial charge in [0.2, 0.25) is 0 Å². The monoisotopic (exact) mass is 230 g/mol. The van der Waals surface area contributed by atoms with Crippen molar-refractivity contribution in [2.75, 3.05) is 0 Å². The molecule has 0 amide bonds. The third kappa shape index (κ3) is 1.89. The molecule has 1 aromatic carbocycles. The fraction of sp³-hybridized carbons (Fsp3) is 0.273. The second-order valence-electron chi connectivity index (χ2n) is 4.10. The molecule has 1 aliphatic carbocycles. The van der Waals surface area contributed by atoms with Crippen LogP contribution >= 0.6 is 0 Å². The first kappa shape index (κ1) is 9.95. The first-order chi connectivity index (χ1) is 8.24. The Morgan fingerprint density at radius 3 is 2.94 bits per heavy atom. The van der Waals surface area contributed by atoms with Gasteiger partial charge in [0.05, 0.1) is 10.6 Å². The van der Waals surface area contributed by atoms with Gasteiger partial charge in [0, 0.05) is 18.1 Å². The van der Waals surface area contributed by atoms with E-state index >= 15 is 0 Å². The summed E-state index contributed by atoms with van der Waals surface area (Å²) < 4.78 is 1.58. The van der Waals surface area contributed by atoms with Crippen molar-refractivity contribution < 1.29 is 4.92 Å². The molecule has 1 saturated carbocycles. The minimum atomic E-state index is -0.414. The molecule has 86 valence electrons. The number of nitro groups is 1. The van der Waals surface area contributed by atoms with E-state index < -0.39 is 4.92 Å². The largest absolute Gasteiger partial charge is 0.271 e. The van der Waals surface area contributed by atoms with Crippen molar-refractivity contribution in [2.45, 2.75) is 18.8 Å². The summed E-state index contributed by atoms with van der Waals surface area (Å²) in [5.74, 6) is 1.31. The van der Waals surface area contributed by atoms with Gasteiger partial charge in [-0.1, -0.05) is 6.07 Å². The van der Waals surface area contributed by atoms with Crippen LogP contribution in [0.4, 0.5) is 5.69 Å². The van der Waals surface area contributed by atoms with Crippen molar-refractivity contribution in [3.63, 3.8) is 0 Å². The van der Waals surface area contributed by atoms with E-state index in [2.05, 4.69) is 10.1 Å². The van der Waals surface area contributed by atoms with Gasteiger partial charge in [0.1, 0.15) is 6.33 Å². The van der Waals surface area contributed by atoms with Crippen LogP contribution in [0.25, 0.3) is 5.69 Å². The molecule has 1 aliphatic rings. The van der Waals surface area contributed by atoms with Crippen molar-refractivity contribution in [3.8, 4) is 5.69 Å². The first-order valence-electron chi connectivity index (χ1n) is 5.40. The molecule has 17 heavy (non-hydrogen) atoms. The molecule has 2 aromatic rings. The van der Waals surface area contributed by atoms with Gasteiger partial charge in [-0.2, -0.15) is 5.10 Å². The van der Waals surface area contributed by atoms with Crippen molar-refractivity contribution in [1.29, 1.82) is 0 Å². The topological polar surface area (TPSA) is 73.8 Å². The molecule has 0 N–H and O–H groups in total. The van der Waals surface area contributed by atoms with E-state index in [4.69, 9.17) is 0 Å². The summed E-state index contributed by atoms with van der Waals surface area (Å²) in [4.78, 5) is 14.5. The summed E-state index contributed by atoms with van der Waals surface area (Å²) in [7, 11) is 0. The molecule has 6 heteroatoms. The van der Waals surface area contributed by atoms with Gasteiger partial charge in [-0.05, 0) is 18.9 Å². The Hall–Kier alpha value is -2.24. The van der Waals surface area contributed by atoms with Crippen LogP contribution in [-0.4, -0.2) is 19.7 Å². The highest BCUT2D eigenvalue weighted by molar-refractivity contribution is 5.42. The molecule has 1 aromatic heterocycles. The molecule has 0 radical (unpaired) electrons. The van der Waals surface area contributed by atoms with Crippen LogP contribution in [0.15, 0.2) is 30.6 Å². The second kappa shape index (κ2) is 3.65. The Bertz CT molecular complexity index is 574. The highest BCUT2D eigenvalue weighted by Crippen LogP contribution is 2.37. The van der Waals surface area contributed by atoms with E-state index in [1.54, 1.807) is 23.1 Å². The zero-order valence-electron chi connectivity index (χ0n) is 8.98. The molecule has 1 heterocycles. The van der Waals surface area contributed by atoms with Crippen LogP contribution in [0.5, 0.6) is 0 Å². The van der Waals surface area contributed by atoms with Gasteiger partial charge < -0.3 is 0 Å². The molecule has 6 nitrogen and oxygen atoms in total. The number of rotatable bonds is 3. The normalized spacial score (nSPS) is 14.8. The highest BCUT2D eigenvalue weighted by atomic mass is 16.6. The van der Waals surface area contributed by atoms with E-state index in [0.29, 0.717) is 11.6 Å². The summed E-state index contributed by atoms with van der Waals surface area (Å²) in [6, 6.07) is 6.37. The minimum absolute atomic E-state index is 0.0611. The average Bonchev–Trinajstić information content (AvgIpc) is 3.07. The van der Waals surface area contributed by atoms with Gasteiger partial charge >= 0.3 is 0 Å². The van der Waals surface area contributed by atoms with Crippen LogP contribution in [0.1, 0.15) is 24.6 Å². The molecule has 0 saturated heterocycles. The van der Waals surface area contributed by atoms with Crippen LogP contribution in [0.2, 0.25) is 0 Å². The molecule has 0 unspecified atom stereocenters. The van der Waals surface area contributed by atoms with E-state index in [0.717, 1.165) is 18.7 Å². The molecule has 0 aliphatic heterocycles. The number of nitrogens with zero attached hydrogens (tertiary/aromatic N) is 4. The zero-order chi connectivity index (χ0) is 11.8. The van der Waals surface area contributed by atoms with Gasteiger partial charge in [0.25, 0.3) is 5.69 Å². The highest BCUT2D eigenvalue weighted by Gasteiger charge is 2.27.